The Labute approximate surface area is 167 Å². The van der Waals surface area contributed by atoms with E-state index in [0.717, 1.165) is 29.8 Å². The van der Waals surface area contributed by atoms with E-state index >= 15 is 0 Å². The summed E-state index contributed by atoms with van der Waals surface area (Å²) in [6, 6.07) is 13.4. The van der Waals surface area contributed by atoms with Gasteiger partial charge in [-0.3, -0.25) is 4.79 Å². The predicted molar refractivity (Wildman–Crippen MR) is 110 cm³/mol. The van der Waals surface area contributed by atoms with Crippen molar-refractivity contribution in [2.24, 2.45) is 0 Å². The van der Waals surface area contributed by atoms with Crippen molar-refractivity contribution in [3.05, 3.63) is 48.0 Å². The molecule has 1 saturated carbocycles. The number of carbonyl (C=O) groups is 1. The first-order valence-electron chi connectivity index (χ1n) is 10.0. The van der Waals surface area contributed by atoms with E-state index < -0.39 is 0 Å². The van der Waals surface area contributed by atoms with Crippen molar-refractivity contribution in [1.29, 1.82) is 0 Å². The van der Waals surface area contributed by atoms with Crippen molar-refractivity contribution in [1.82, 2.24) is 0 Å². The van der Waals surface area contributed by atoms with E-state index in [4.69, 9.17) is 14.2 Å². The zero-order valence-electron chi connectivity index (χ0n) is 16.7. The molecule has 1 aliphatic carbocycles. The van der Waals surface area contributed by atoms with E-state index in [1.165, 1.54) is 12.8 Å². The molecule has 1 fully saturated rings. The molecular formula is C23H29NO4. The number of carbonyl (C=O) groups excluding carboxylic acids is 1. The summed E-state index contributed by atoms with van der Waals surface area (Å²) in [5, 5.41) is 2.96. The number of methoxy groups -OCH3 is 1. The van der Waals surface area contributed by atoms with Crippen LogP contribution in [0.5, 0.6) is 17.2 Å². The zero-order valence-corrected chi connectivity index (χ0v) is 16.7. The highest BCUT2D eigenvalue weighted by Crippen LogP contribution is 2.34. The van der Waals surface area contributed by atoms with Gasteiger partial charge in [-0.25, -0.2) is 0 Å². The minimum Gasteiger partial charge on any atom is -0.494 e. The van der Waals surface area contributed by atoms with Gasteiger partial charge in [-0.2, -0.15) is 0 Å². The fraction of sp³-hybridized carbons (Fsp3) is 0.435. The minimum atomic E-state index is -0.0386. The summed E-state index contributed by atoms with van der Waals surface area (Å²) in [4.78, 5) is 12.4. The van der Waals surface area contributed by atoms with Crippen LogP contribution in [0.1, 0.15) is 44.6 Å². The maximum atomic E-state index is 12.4. The van der Waals surface area contributed by atoms with Crippen molar-refractivity contribution >= 4 is 11.6 Å². The number of ether oxygens (including phenoxy) is 3. The van der Waals surface area contributed by atoms with Gasteiger partial charge in [0.05, 0.1) is 19.8 Å². The Hall–Kier alpha value is -2.69. The number of aryl methyl sites for hydroxylation is 1. The van der Waals surface area contributed by atoms with Gasteiger partial charge >= 0.3 is 0 Å². The van der Waals surface area contributed by atoms with Crippen LogP contribution < -0.4 is 19.5 Å². The maximum Gasteiger partial charge on any atom is 0.224 e. The van der Waals surface area contributed by atoms with Gasteiger partial charge in [0.1, 0.15) is 5.75 Å². The standard InChI is InChI=1S/C23H29NO4/c1-3-27-20-11-7-4-8-17(20)12-15-23(25)24-18-13-14-21(26-2)22(16-18)28-19-9-5-6-10-19/h4,7-8,11,13-14,16,19H,3,5-6,9-10,12,15H2,1-2H3,(H,24,25). The van der Waals surface area contributed by atoms with Crippen molar-refractivity contribution in [3.63, 3.8) is 0 Å². The van der Waals surface area contributed by atoms with Crippen molar-refractivity contribution < 1.29 is 19.0 Å². The van der Waals surface area contributed by atoms with Gasteiger partial charge in [0.15, 0.2) is 11.5 Å². The van der Waals surface area contributed by atoms with Crippen molar-refractivity contribution in [2.75, 3.05) is 19.0 Å². The molecule has 1 N–H and O–H groups in total. The first-order valence-corrected chi connectivity index (χ1v) is 10.0. The van der Waals surface area contributed by atoms with Gasteiger partial charge in [-0.05, 0) is 62.8 Å². The Bertz CT molecular complexity index is 784. The molecule has 1 amide bonds. The second kappa shape index (κ2) is 10.0. The molecule has 3 rings (SSSR count). The molecule has 2 aromatic carbocycles. The molecule has 0 aliphatic heterocycles. The van der Waals surface area contributed by atoms with Crippen molar-refractivity contribution in [2.45, 2.75) is 51.6 Å². The Morgan fingerprint density at radius 3 is 2.61 bits per heavy atom. The van der Waals surface area contributed by atoms with Gasteiger partial charge in [-0.15, -0.1) is 0 Å². The maximum absolute atomic E-state index is 12.4. The van der Waals surface area contributed by atoms with Crippen LogP contribution in [-0.2, 0) is 11.2 Å². The SMILES string of the molecule is CCOc1ccccc1CCC(=O)Nc1ccc(OC)c(OC2CCCC2)c1. The summed E-state index contributed by atoms with van der Waals surface area (Å²) in [7, 11) is 1.63. The summed E-state index contributed by atoms with van der Waals surface area (Å²) in [5.74, 6) is 2.18. The minimum absolute atomic E-state index is 0.0386. The number of benzene rings is 2. The van der Waals surface area contributed by atoms with E-state index in [1.807, 2.05) is 49.4 Å². The molecule has 1 aliphatic rings. The zero-order chi connectivity index (χ0) is 19.8. The third kappa shape index (κ3) is 5.41. The van der Waals surface area contributed by atoms with Crippen LogP contribution in [0.25, 0.3) is 0 Å². The quantitative estimate of drug-likeness (QED) is 0.663. The Morgan fingerprint density at radius 1 is 1.07 bits per heavy atom. The molecule has 28 heavy (non-hydrogen) atoms. The normalized spacial score (nSPS) is 13.9. The van der Waals surface area contributed by atoms with Crippen LogP contribution in [0, 0.1) is 0 Å². The second-order valence-electron chi connectivity index (χ2n) is 6.98. The summed E-state index contributed by atoms with van der Waals surface area (Å²) >= 11 is 0. The highest BCUT2D eigenvalue weighted by molar-refractivity contribution is 5.91. The first kappa shape index (κ1) is 20.1. The van der Waals surface area contributed by atoms with Crippen molar-refractivity contribution in [3.8, 4) is 17.2 Å². The topological polar surface area (TPSA) is 56.8 Å². The molecule has 0 bridgehead atoms. The van der Waals surface area contributed by atoms with Crippen LogP contribution in [0.15, 0.2) is 42.5 Å². The molecule has 2 aromatic rings. The number of para-hydroxylation sites is 1. The smallest absolute Gasteiger partial charge is 0.224 e. The predicted octanol–water partition coefficient (Wildman–Crippen LogP) is 4.99. The third-order valence-electron chi connectivity index (χ3n) is 4.94. The highest BCUT2D eigenvalue weighted by atomic mass is 16.5. The molecule has 0 heterocycles. The van der Waals surface area contributed by atoms with Crippen LogP contribution in [0.3, 0.4) is 0 Å². The molecule has 0 aromatic heterocycles. The summed E-state index contributed by atoms with van der Waals surface area (Å²) in [5.41, 5.74) is 1.76. The molecule has 5 nitrogen and oxygen atoms in total. The average Bonchev–Trinajstić information content (AvgIpc) is 3.21. The monoisotopic (exact) mass is 383 g/mol. The van der Waals surface area contributed by atoms with E-state index in [2.05, 4.69) is 5.32 Å². The lowest BCUT2D eigenvalue weighted by Gasteiger charge is -2.17. The lowest BCUT2D eigenvalue weighted by Crippen LogP contribution is -2.14. The Balaban J connectivity index is 1.60. The molecule has 150 valence electrons. The van der Waals surface area contributed by atoms with Gasteiger partial charge in [-0.1, -0.05) is 18.2 Å². The largest absolute Gasteiger partial charge is 0.494 e. The van der Waals surface area contributed by atoms with E-state index in [9.17, 15) is 4.79 Å². The molecule has 0 radical (unpaired) electrons. The number of nitrogens with one attached hydrogen (secondary N) is 1. The summed E-state index contributed by atoms with van der Waals surface area (Å²) in [6.45, 7) is 2.57. The molecule has 5 heteroatoms. The fourth-order valence-electron chi connectivity index (χ4n) is 3.51. The summed E-state index contributed by atoms with van der Waals surface area (Å²) < 4.78 is 17.1. The second-order valence-corrected chi connectivity index (χ2v) is 6.98. The lowest BCUT2D eigenvalue weighted by molar-refractivity contribution is -0.116. The molecule has 0 spiro atoms. The number of anilines is 1. The van der Waals surface area contributed by atoms with Crippen LogP contribution in [0.2, 0.25) is 0 Å². The van der Waals surface area contributed by atoms with Gasteiger partial charge < -0.3 is 19.5 Å². The lowest BCUT2D eigenvalue weighted by atomic mass is 10.1. The van der Waals surface area contributed by atoms with Gasteiger partial charge in [0.2, 0.25) is 5.91 Å². The molecule has 0 saturated heterocycles. The highest BCUT2D eigenvalue weighted by Gasteiger charge is 2.19. The number of hydrogen-bond donors (Lipinski definition) is 1. The van der Waals surface area contributed by atoms with E-state index in [1.54, 1.807) is 7.11 Å². The van der Waals surface area contributed by atoms with E-state index in [0.29, 0.717) is 30.9 Å². The number of rotatable bonds is 9. The van der Waals surface area contributed by atoms with Crippen LogP contribution in [-0.4, -0.2) is 25.7 Å². The molecule has 0 unspecified atom stereocenters. The number of hydrogen-bond acceptors (Lipinski definition) is 4. The van der Waals surface area contributed by atoms with Crippen LogP contribution in [0.4, 0.5) is 5.69 Å². The third-order valence-corrected chi connectivity index (χ3v) is 4.94. The van der Waals surface area contributed by atoms with E-state index in [-0.39, 0.29) is 12.0 Å². The average molecular weight is 383 g/mol. The first-order chi connectivity index (χ1) is 13.7. The molecule has 0 atom stereocenters. The van der Waals surface area contributed by atoms with Gasteiger partial charge in [0, 0.05) is 18.2 Å². The van der Waals surface area contributed by atoms with Crippen LogP contribution >= 0.6 is 0 Å². The fourth-order valence-corrected chi connectivity index (χ4v) is 3.51. The summed E-state index contributed by atoms with van der Waals surface area (Å²) in [6.07, 6.45) is 5.78. The Morgan fingerprint density at radius 2 is 1.86 bits per heavy atom. The number of amides is 1. The molecular weight excluding hydrogens is 354 g/mol. The van der Waals surface area contributed by atoms with Gasteiger partial charge in [0.25, 0.3) is 0 Å². The Kier molecular flexibility index (Phi) is 7.18.